The van der Waals surface area contributed by atoms with Gasteiger partial charge in [0.15, 0.2) is 0 Å². The van der Waals surface area contributed by atoms with Gasteiger partial charge < -0.3 is 25.0 Å². The highest BCUT2D eigenvalue weighted by atomic mass is 16.5. The van der Waals surface area contributed by atoms with E-state index < -0.39 is 0 Å². The minimum Gasteiger partial charge on any atom is -0.378 e. The van der Waals surface area contributed by atoms with Crippen LogP contribution in [-0.4, -0.2) is 76.0 Å². The highest BCUT2D eigenvalue weighted by Crippen LogP contribution is 2.11. The van der Waals surface area contributed by atoms with Crippen LogP contribution in [0.5, 0.6) is 0 Å². The van der Waals surface area contributed by atoms with E-state index in [0.29, 0.717) is 19.6 Å². The number of hydrogen-bond donors (Lipinski definition) is 2. The van der Waals surface area contributed by atoms with Crippen molar-refractivity contribution in [2.45, 2.75) is 31.8 Å². The second-order valence-corrected chi connectivity index (χ2v) is 5.76. The summed E-state index contributed by atoms with van der Waals surface area (Å²) in [5.41, 5.74) is 0. The van der Waals surface area contributed by atoms with Crippen molar-refractivity contribution in [3.05, 3.63) is 0 Å². The average molecular weight is 299 g/mol. The maximum absolute atomic E-state index is 11.6. The Morgan fingerprint density at radius 1 is 1.38 bits per heavy atom. The lowest BCUT2D eigenvalue weighted by molar-refractivity contribution is -0.122. The molecule has 1 amide bonds. The lowest BCUT2D eigenvalue weighted by atomic mass is 10.2. The van der Waals surface area contributed by atoms with Gasteiger partial charge in [0.25, 0.3) is 0 Å². The normalized spacial score (nSPS) is 23.3. The maximum Gasteiger partial charge on any atom is 0.222 e. The molecule has 0 aliphatic carbocycles. The van der Waals surface area contributed by atoms with E-state index in [9.17, 15) is 4.79 Å². The van der Waals surface area contributed by atoms with E-state index in [1.807, 2.05) is 0 Å². The van der Waals surface area contributed by atoms with Crippen LogP contribution in [-0.2, 0) is 14.3 Å². The summed E-state index contributed by atoms with van der Waals surface area (Å²) in [4.78, 5) is 14.1. The standard InChI is InChI=1S/C15H29N3O3/c19-15(4-12-20-13-14-3-1-11-21-14)17-5-2-8-18-9-6-16-7-10-18/h14,16H,1-13H2,(H,17,19). The van der Waals surface area contributed by atoms with E-state index in [2.05, 4.69) is 15.5 Å². The largest absolute Gasteiger partial charge is 0.378 e. The highest BCUT2D eigenvalue weighted by Gasteiger charge is 2.15. The van der Waals surface area contributed by atoms with Crippen LogP contribution < -0.4 is 10.6 Å². The zero-order valence-electron chi connectivity index (χ0n) is 12.9. The minimum atomic E-state index is 0.0858. The number of carbonyl (C=O) groups excluding carboxylic acids is 1. The quantitative estimate of drug-likeness (QED) is 0.586. The number of amides is 1. The first kappa shape index (κ1) is 16.7. The summed E-state index contributed by atoms with van der Waals surface area (Å²) in [6, 6.07) is 0. The molecular formula is C15H29N3O3. The average Bonchev–Trinajstić information content (AvgIpc) is 3.02. The van der Waals surface area contributed by atoms with Gasteiger partial charge in [0, 0.05) is 45.8 Å². The minimum absolute atomic E-state index is 0.0858. The first-order valence-electron chi connectivity index (χ1n) is 8.24. The molecule has 0 bridgehead atoms. The molecule has 122 valence electrons. The van der Waals surface area contributed by atoms with Gasteiger partial charge in [-0.15, -0.1) is 0 Å². The van der Waals surface area contributed by atoms with Crippen molar-refractivity contribution in [2.75, 3.05) is 59.1 Å². The fraction of sp³-hybridized carbons (Fsp3) is 0.933. The molecule has 2 aliphatic rings. The predicted molar refractivity (Wildman–Crippen MR) is 81.3 cm³/mol. The summed E-state index contributed by atoms with van der Waals surface area (Å²) >= 11 is 0. The van der Waals surface area contributed by atoms with Crippen LogP contribution in [0.3, 0.4) is 0 Å². The molecule has 0 radical (unpaired) electrons. The van der Waals surface area contributed by atoms with E-state index in [4.69, 9.17) is 9.47 Å². The van der Waals surface area contributed by atoms with Crippen molar-refractivity contribution in [3.8, 4) is 0 Å². The fourth-order valence-electron chi connectivity index (χ4n) is 2.71. The Labute approximate surface area is 127 Å². The van der Waals surface area contributed by atoms with Crippen LogP contribution in [0.1, 0.15) is 25.7 Å². The second-order valence-electron chi connectivity index (χ2n) is 5.76. The Bertz CT molecular complexity index is 290. The zero-order valence-corrected chi connectivity index (χ0v) is 12.9. The number of ether oxygens (including phenoxy) is 2. The molecule has 0 aromatic heterocycles. The Balaban J connectivity index is 1.38. The topological polar surface area (TPSA) is 62.8 Å². The van der Waals surface area contributed by atoms with Crippen LogP contribution in [0.25, 0.3) is 0 Å². The van der Waals surface area contributed by atoms with Crippen LogP contribution in [0.4, 0.5) is 0 Å². The van der Waals surface area contributed by atoms with Crippen LogP contribution >= 0.6 is 0 Å². The first-order chi connectivity index (χ1) is 10.3. The molecule has 0 spiro atoms. The van der Waals surface area contributed by atoms with Gasteiger partial charge in [0.05, 0.1) is 19.3 Å². The van der Waals surface area contributed by atoms with E-state index in [1.54, 1.807) is 0 Å². The molecule has 6 heteroatoms. The van der Waals surface area contributed by atoms with Gasteiger partial charge >= 0.3 is 0 Å². The van der Waals surface area contributed by atoms with Crippen LogP contribution in [0, 0.1) is 0 Å². The smallest absolute Gasteiger partial charge is 0.222 e. The summed E-state index contributed by atoms with van der Waals surface area (Å²) in [5, 5.41) is 6.30. The summed E-state index contributed by atoms with van der Waals surface area (Å²) in [6.45, 7) is 8.17. The molecule has 2 fully saturated rings. The number of hydrogen-bond acceptors (Lipinski definition) is 5. The van der Waals surface area contributed by atoms with Crippen LogP contribution in [0.15, 0.2) is 0 Å². The van der Waals surface area contributed by atoms with E-state index in [-0.39, 0.29) is 12.0 Å². The molecule has 0 aromatic rings. The van der Waals surface area contributed by atoms with E-state index in [0.717, 1.165) is 65.1 Å². The molecule has 2 heterocycles. The number of piperazine rings is 1. The summed E-state index contributed by atoms with van der Waals surface area (Å²) in [7, 11) is 0. The number of nitrogens with zero attached hydrogens (tertiary/aromatic N) is 1. The third kappa shape index (κ3) is 7.22. The van der Waals surface area contributed by atoms with Gasteiger partial charge in [-0.25, -0.2) is 0 Å². The SMILES string of the molecule is O=C(CCOCC1CCCO1)NCCCN1CCNCC1. The van der Waals surface area contributed by atoms with E-state index in [1.165, 1.54) is 0 Å². The predicted octanol–water partition coefficient (Wildman–Crippen LogP) is -0.0164. The zero-order chi connectivity index (χ0) is 14.8. The van der Waals surface area contributed by atoms with Crippen molar-refractivity contribution in [1.82, 2.24) is 15.5 Å². The van der Waals surface area contributed by atoms with Gasteiger partial charge in [0.1, 0.15) is 0 Å². The fourth-order valence-corrected chi connectivity index (χ4v) is 2.71. The Morgan fingerprint density at radius 3 is 3.00 bits per heavy atom. The molecule has 0 saturated carbocycles. The lowest BCUT2D eigenvalue weighted by Gasteiger charge is -2.27. The van der Waals surface area contributed by atoms with Gasteiger partial charge in [-0.2, -0.15) is 0 Å². The molecule has 2 rings (SSSR count). The molecule has 1 unspecified atom stereocenters. The number of nitrogens with one attached hydrogen (secondary N) is 2. The van der Waals surface area contributed by atoms with Gasteiger partial charge in [-0.3, -0.25) is 4.79 Å². The maximum atomic E-state index is 11.6. The van der Waals surface area contributed by atoms with Crippen molar-refractivity contribution < 1.29 is 14.3 Å². The number of carbonyl (C=O) groups is 1. The van der Waals surface area contributed by atoms with Crippen LogP contribution in [0.2, 0.25) is 0 Å². The monoisotopic (exact) mass is 299 g/mol. The molecule has 2 N–H and O–H groups in total. The van der Waals surface area contributed by atoms with Crippen molar-refractivity contribution >= 4 is 5.91 Å². The molecule has 6 nitrogen and oxygen atoms in total. The Hall–Kier alpha value is -0.690. The second kappa shape index (κ2) is 10.1. The van der Waals surface area contributed by atoms with E-state index >= 15 is 0 Å². The van der Waals surface area contributed by atoms with Crippen molar-refractivity contribution in [3.63, 3.8) is 0 Å². The van der Waals surface area contributed by atoms with Crippen molar-refractivity contribution in [2.24, 2.45) is 0 Å². The Morgan fingerprint density at radius 2 is 2.24 bits per heavy atom. The molecular weight excluding hydrogens is 270 g/mol. The number of rotatable bonds is 9. The third-order valence-corrected chi connectivity index (χ3v) is 3.98. The highest BCUT2D eigenvalue weighted by molar-refractivity contribution is 5.75. The van der Waals surface area contributed by atoms with Gasteiger partial charge in [-0.05, 0) is 25.8 Å². The lowest BCUT2D eigenvalue weighted by Crippen LogP contribution is -2.44. The molecule has 1 atom stereocenters. The Kier molecular flexibility index (Phi) is 8.03. The summed E-state index contributed by atoms with van der Waals surface area (Å²) in [5.74, 6) is 0.0858. The first-order valence-corrected chi connectivity index (χ1v) is 8.24. The molecule has 2 aliphatic heterocycles. The molecule has 2 saturated heterocycles. The summed E-state index contributed by atoms with van der Waals surface area (Å²) < 4.78 is 11.0. The third-order valence-electron chi connectivity index (χ3n) is 3.98. The van der Waals surface area contributed by atoms with Gasteiger partial charge in [-0.1, -0.05) is 0 Å². The molecule has 0 aromatic carbocycles. The van der Waals surface area contributed by atoms with Crippen molar-refractivity contribution in [1.29, 1.82) is 0 Å². The molecule has 21 heavy (non-hydrogen) atoms. The van der Waals surface area contributed by atoms with Gasteiger partial charge in [0.2, 0.25) is 5.91 Å². The summed E-state index contributed by atoms with van der Waals surface area (Å²) in [6.07, 6.45) is 3.91.